The van der Waals surface area contributed by atoms with Crippen molar-refractivity contribution in [3.05, 3.63) is 119 Å². The van der Waals surface area contributed by atoms with Crippen LogP contribution in [0.25, 0.3) is 6.08 Å². The number of β-lactam (4-membered cyclic amide) rings is 1. The van der Waals surface area contributed by atoms with Crippen LogP contribution in [0.5, 0.6) is 0 Å². The van der Waals surface area contributed by atoms with Gasteiger partial charge in [0.1, 0.15) is 11.4 Å². The van der Waals surface area contributed by atoms with E-state index in [0.29, 0.717) is 16.8 Å². The van der Waals surface area contributed by atoms with Gasteiger partial charge in [-0.25, -0.2) is 23.0 Å². The molecule has 3 atom stereocenters. The summed E-state index contributed by atoms with van der Waals surface area (Å²) >= 11 is 1.15. The highest BCUT2D eigenvalue weighted by molar-refractivity contribution is 7.94. The maximum absolute atomic E-state index is 14.2. The Morgan fingerprint density at radius 1 is 1.00 bits per heavy atom. The van der Waals surface area contributed by atoms with E-state index in [-0.39, 0.29) is 10.7 Å². The molecule has 2 aromatic heterocycles. The van der Waals surface area contributed by atoms with E-state index in [1.165, 1.54) is 25.4 Å². The number of aromatic nitrogens is 2. The van der Waals surface area contributed by atoms with E-state index in [2.05, 4.69) is 15.3 Å². The van der Waals surface area contributed by atoms with Crippen LogP contribution in [0.1, 0.15) is 29.8 Å². The Hall–Kier alpha value is -4.88. The lowest BCUT2D eigenvalue weighted by Crippen LogP contribution is -2.60. The number of thiazole rings is 1. The molecule has 2 aliphatic rings. The van der Waals surface area contributed by atoms with Gasteiger partial charge in [-0.05, 0) is 36.3 Å². The molecule has 44 heavy (non-hydrogen) atoms. The second-order valence-electron chi connectivity index (χ2n) is 10.4. The molecule has 0 unspecified atom stereocenters. The number of esters is 1. The van der Waals surface area contributed by atoms with Gasteiger partial charge in [-0.1, -0.05) is 66.7 Å². The molecule has 2 aliphatic heterocycles. The number of ether oxygens (including phenoxy) is 2. The molecule has 11 nitrogen and oxygen atoms in total. The lowest BCUT2D eigenvalue weighted by Gasteiger charge is -2.39. The fourth-order valence-corrected chi connectivity index (χ4v) is 8.17. The Balaban J connectivity index is 1.37. The summed E-state index contributed by atoms with van der Waals surface area (Å²) in [7, 11) is -4.36. The number of carbonyl (C=O) groups excluding carboxylic acids is 3. The SMILES string of the molecule is C[C@]1(COC(=O)Nc2nccs2)[C@H](C(=O)OC(c2ccccc2)c2ccccc2)N2C(=O)/C(=C/c3ccccn3)[C@H]2S1(=O)=O. The van der Waals surface area contributed by atoms with Crippen molar-refractivity contribution in [1.29, 1.82) is 0 Å². The number of pyridine rings is 1. The summed E-state index contributed by atoms with van der Waals surface area (Å²) in [6.45, 7) is 0.555. The number of amides is 2. The lowest BCUT2D eigenvalue weighted by molar-refractivity contribution is -0.161. The van der Waals surface area contributed by atoms with E-state index in [4.69, 9.17) is 9.47 Å². The van der Waals surface area contributed by atoms with Crippen molar-refractivity contribution in [1.82, 2.24) is 14.9 Å². The number of carbonyl (C=O) groups is 3. The zero-order valence-corrected chi connectivity index (χ0v) is 24.9. The van der Waals surface area contributed by atoms with Crippen molar-refractivity contribution in [2.24, 2.45) is 0 Å². The number of fused-ring (bicyclic) bond motifs is 1. The van der Waals surface area contributed by atoms with Gasteiger partial charge in [0.15, 0.2) is 32.5 Å². The molecule has 0 spiro atoms. The van der Waals surface area contributed by atoms with Crippen molar-refractivity contribution in [2.45, 2.75) is 29.2 Å². The minimum Gasteiger partial charge on any atom is -0.451 e. The molecule has 0 aliphatic carbocycles. The molecule has 0 bridgehead atoms. The molecule has 1 N–H and O–H groups in total. The predicted octanol–water partition coefficient (Wildman–Crippen LogP) is 4.23. The van der Waals surface area contributed by atoms with Gasteiger partial charge in [-0.2, -0.15) is 0 Å². The Labute approximate surface area is 257 Å². The molecular weight excluding hydrogens is 604 g/mol. The summed E-state index contributed by atoms with van der Waals surface area (Å²) in [5.74, 6) is -1.61. The number of anilines is 1. The normalized spacial score (nSPS) is 22.7. The van der Waals surface area contributed by atoms with Gasteiger partial charge in [-0.3, -0.25) is 15.1 Å². The molecule has 13 heteroatoms. The molecule has 4 aromatic rings. The largest absolute Gasteiger partial charge is 0.451 e. The van der Waals surface area contributed by atoms with Gasteiger partial charge in [-0.15, -0.1) is 11.3 Å². The smallest absolute Gasteiger partial charge is 0.413 e. The highest BCUT2D eigenvalue weighted by atomic mass is 32.2. The van der Waals surface area contributed by atoms with Crippen molar-refractivity contribution >= 4 is 50.4 Å². The van der Waals surface area contributed by atoms with E-state index in [0.717, 1.165) is 16.2 Å². The number of benzene rings is 2. The molecule has 6 rings (SSSR count). The van der Waals surface area contributed by atoms with Crippen molar-refractivity contribution < 1.29 is 32.3 Å². The Morgan fingerprint density at radius 3 is 2.25 bits per heavy atom. The summed E-state index contributed by atoms with van der Waals surface area (Å²) in [5, 5.41) is 2.87. The lowest BCUT2D eigenvalue weighted by atomic mass is 9.94. The van der Waals surface area contributed by atoms with Gasteiger partial charge in [0.2, 0.25) is 0 Å². The zero-order valence-electron chi connectivity index (χ0n) is 23.3. The van der Waals surface area contributed by atoms with Crippen LogP contribution in [-0.4, -0.2) is 64.0 Å². The molecular formula is C31H26N4O7S2. The van der Waals surface area contributed by atoms with Crippen LogP contribution < -0.4 is 5.32 Å². The van der Waals surface area contributed by atoms with Gasteiger partial charge in [0.25, 0.3) is 5.91 Å². The van der Waals surface area contributed by atoms with Gasteiger partial charge >= 0.3 is 12.1 Å². The first-order valence-electron chi connectivity index (χ1n) is 13.5. The van der Waals surface area contributed by atoms with Crippen LogP contribution in [-0.2, 0) is 28.9 Å². The standard InChI is InChI=1S/C31H26N4O7S2/c1-31(19-41-30(38)34-29-33-16-17-43-29)25(28(37)42-24(20-10-4-2-5-11-20)21-12-6-3-7-13-21)35-26(36)23(27(35)44(31,39)40)18-22-14-8-9-15-32-22/h2-18,24-25,27H,19H2,1H3,(H,33,34,38)/b23-18-/t25-,27+,31-/m0/s1. The van der Waals surface area contributed by atoms with Gasteiger partial charge in [0.05, 0.1) is 11.3 Å². The average Bonchev–Trinajstić information content (AvgIpc) is 3.60. The number of sulfone groups is 1. The zero-order chi connectivity index (χ0) is 30.9. The third kappa shape index (κ3) is 5.13. The molecule has 0 radical (unpaired) electrons. The van der Waals surface area contributed by atoms with Crippen molar-refractivity contribution in [3.63, 3.8) is 0 Å². The van der Waals surface area contributed by atoms with E-state index in [1.807, 2.05) is 12.1 Å². The molecule has 4 heterocycles. The predicted molar refractivity (Wildman–Crippen MR) is 162 cm³/mol. The summed E-state index contributed by atoms with van der Waals surface area (Å²) in [4.78, 5) is 49.4. The fraction of sp³-hybridized carbons (Fsp3) is 0.194. The van der Waals surface area contributed by atoms with Gasteiger partial charge in [0, 0.05) is 17.8 Å². The molecule has 2 amide bonds. The van der Waals surface area contributed by atoms with E-state index in [1.54, 1.807) is 72.1 Å². The Kier molecular flexibility index (Phi) is 7.74. The first kappa shape index (κ1) is 29.2. The van der Waals surface area contributed by atoms with E-state index < -0.39 is 56.7 Å². The number of hydrogen-bond acceptors (Lipinski definition) is 10. The number of nitrogens with one attached hydrogen (secondary N) is 1. The van der Waals surface area contributed by atoms with E-state index >= 15 is 0 Å². The highest BCUT2D eigenvalue weighted by Crippen LogP contribution is 2.50. The Bertz CT molecular complexity index is 1780. The summed E-state index contributed by atoms with van der Waals surface area (Å²) < 4.78 is 37.8. The van der Waals surface area contributed by atoms with Crippen LogP contribution in [0.3, 0.4) is 0 Å². The number of hydrogen-bond donors (Lipinski definition) is 1. The molecule has 2 fully saturated rings. The number of nitrogens with zero attached hydrogens (tertiary/aromatic N) is 3. The van der Waals surface area contributed by atoms with Crippen LogP contribution in [0.15, 0.2) is 102 Å². The second-order valence-corrected chi connectivity index (χ2v) is 13.7. The minimum absolute atomic E-state index is 0.0415. The van der Waals surface area contributed by atoms with E-state index in [9.17, 15) is 22.8 Å². The maximum atomic E-state index is 14.2. The molecule has 224 valence electrons. The first-order chi connectivity index (χ1) is 21.2. The second kappa shape index (κ2) is 11.7. The van der Waals surface area contributed by atoms with Gasteiger partial charge < -0.3 is 14.4 Å². The summed E-state index contributed by atoms with van der Waals surface area (Å²) in [5.41, 5.74) is 1.64. The monoisotopic (exact) mass is 630 g/mol. The first-order valence-corrected chi connectivity index (χ1v) is 16.0. The average molecular weight is 631 g/mol. The fourth-order valence-electron chi connectivity index (χ4n) is 5.38. The number of rotatable bonds is 8. The third-order valence-electron chi connectivity index (χ3n) is 7.58. The van der Waals surface area contributed by atoms with Crippen LogP contribution in [0.2, 0.25) is 0 Å². The third-order valence-corrected chi connectivity index (χ3v) is 11.0. The van der Waals surface area contributed by atoms with Crippen molar-refractivity contribution in [3.8, 4) is 0 Å². The topological polar surface area (TPSA) is 145 Å². The van der Waals surface area contributed by atoms with Crippen LogP contribution in [0.4, 0.5) is 9.93 Å². The van der Waals surface area contributed by atoms with Crippen molar-refractivity contribution in [2.75, 3.05) is 11.9 Å². The quantitative estimate of drug-likeness (QED) is 0.172. The summed E-state index contributed by atoms with van der Waals surface area (Å²) in [6.07, 6.45) is 2.53. The molecule has 0 saturated carbocycles. The highest BCUT2D eigenvalue weighted by Gasteiger charge is 2.73. The van der Waals surface area contributed by atoms with Crippen LogP contribution in [0, 0.1) is 0 Å². The maximum Gasteiger partial charge on any atom is 0.413 e. The minimum atomic E-state index is -4.36. The Morgan fingerprint density at radius 2 is 1.66 bits per heavy atom. The molecule has 2 saturated heterocycles. The summed E-state index contributed by atoms with van der Waals surface area (Å²) in [6, 6.07) is 21.4. The van der Waals surface area contributed by atoms with Crippen LogP contribution >= 0.6 is 11.3 Å². The molecule has 2 aromatic carbocycles.